The minimum absolute atomic E-state index is 0.192. The predicted molar refractivity (Wildman–Crippen MR) is 67.8 cm³/mol. The fourth-order valence-corrected chi connectivity index (χ4v) is 1.33. The molecule has 0 aromatic heterocycles. The van der Waals surface area contributed by atoms with Crippen LogP contribution < -0.4 is 15.8 Å². The average molecular weight is 232 g/mol. The number of anilines is 1. The van der Waals surface area contributed by atoms with Crippen LogP contribution in [0.15, 0.2) is 18.2 Å². The quantitative estimate of drug-likeness (QED) is 0.469. The molecule has 0 bridgehead atoms. The van der Waals surface area contributed by atoms with Crippen molar-refractivity contribution in [3.05, 3.63) is 23.8 Å². The number of nitrogens with two attached hydrogens (primary N) is 1. The van der Waals surface area contributed by atoms with Crippen LogP contribution in [-0.2, 0) is 0 Å². The summed E-state index contributed by atoms with van der Waals surface area (Å²) in [6.07, 6.45) is 0.637. The van der Waals surface area contributed by atoms with Gasteiger partial charge in [-0.1, -0.05) is 0 Å². The van der Waals surface area contributed by atoms with Gasteiger partial charge in [-0.15, -0.1) is 11.8 Å². The van der Waals surface area contributed by atoms with Gasteiger partial charge in [0.2, 0.25) is 0 Å². The Morgan fingerprint density at radius 1 is 1.53 bits per heavy atom. The largest absolute Gasteiger partial charge is 0.497 e. The molecule has 4 nitrogen and oxygen atoms in total. The van der Waals surface area contributed by atoms with Crippen LogP contribution in [0.4, 0.5) is 5.69 Å². The maximum atomic E-state index is 11.7. The number of hydrogen-bond acceptors (Lipinski definition) is 3. The summed E-state index contributed by atoms with van der Waals surface area (Å²) >= 11 is 0. The van der Waals surface area contributed by atoms with Gasteiger partial charge in [0.15, 0.2) is 0 Å². The van der Waals surface area contributed by atoms with E-state index in [1.807, 2.05) is 0 Å². The highest BCUT2D eigenvalue weighted by atomic mass is 16.5. The van der Waals surface area contributed by atoms with Crippen molar-refractivity contribution in [1.29, 1.82) is 0 Å². The van der Waals surface area contributed by atoms with Crippen molar-refractivity contribution in [2.24, 2.45) is 0 Å². The number of rotatable bonds is 4. The lowest BCUT2D eigenvalue weighted by atomic mass is 10.1. The fourth-order valence-electron chi connectivity index (χ4n) is 1.33. The number of nitrogen functional groups attached to an aromatic ring is 1. The summed E-state index contributed by atoms with van der Waals surface area (Å²) in [5, 5.41) is 2.75. The van der Waals surface area contributed by atoms with Crippen LogP contribution in [-0.4, -0.2) is 19.6 Å². The first-order valence-corrected chi connectivity index (χ1v) is 5.30. The van der Waals surface area contributed by atoms with E-state index in [-0.39, 0.29) is 5.91 Å². The molecule has 1 aromatic carbocycles. The number of ether oxygens (including phenoxy) is 1. The Morgan fingerprint density at radius 2 is 2.29 bits per heavy atom. The SMILES string of the molecule is CC#CCCNC(=O)c1ccc(OC)cc1N. The second-order valence-electron chi connectivity index (χ2n) is 3.39. The van der Waals surface area contributed by atoms with Gasteiger partial charge >= 0.3 is 0 Å². The van der Waals surface area contributed by atoms with Crippen LogP contribution in [0, 0.1) is 11.8 Å². The third-order valence-corrected chi connectivity index (χ3v) is 2.22. The van der Waals surface area contributed by atoms with E-state index in [0.29, 0.717) is 30.0 Å². The summed E-state index contributed by atoms with van der Waals surface area (Å²) in [5.74, 6) is 6.08. The summed E-state index contributed by atoms with van der Waals surface area (Å²) in [5.41, 5.74) is 6.62. The minimum Gasteiger partial charge on any atom is -0.497 e. The van der Waals surface area contributed by atoms with Crippen molar-refractivity contribution in [3.63, 3.8) is 0 Å². The Balaban J connectivity index is 2.64. The summed E-state index contributed by atoms with van der Waals surface area (Å²) in [6.45, 7) is 2.29. The topological polar surface area (TPSA) is 64.3 Å². The Kier molecular flexibility index (Phi) is 4.89. The Bertz CT molecular complexity index is 458. The van der Waals surface area contributed by atoms with Gasteiger partial charge in [0, 0.05) is 24.7 Å². The van der Waals surface area contributed by atoms with E-state index in [9.17, 15) is 4.79 Å². The molecule has 0 saturated heterocycles. The first-order valence-electron chi connectivity index (χ1n) is 5.30. The van der Waals surface area contributed by atoms with Crippen LogP contribution in [0.2, 0.25) is 0 Å². The molecule has 0 saturated carbocycles. The van der Waals surface area contributed by atoms with Crippen molar-refractivity contribution >= 4 is 11.6 Å². The molecule has 0 fully saturated rings. The van der Waals surface area contributed by atoms with E-state index in [0.717, 1.165) is 0 Å². The molecule has 1 amide bonds. The Labute approximate surface area is 101 Å². The maximum absolute atomic E-state index is 11.7. The monoisotopic (exact) mass is 232 g/mol. The molecule has 0 aliphatic heterocycles. The summed E-state index contributed by atoms with van der Waals surface area (Å²) in [4.78, 5) is 11.7. The normalized spacial score (nSPS) is 9.06. The number of amides is 1. The zero-order valence-corrected chi connectivity index (χ0v) is 10.0. The summed E-state index contributed by atoms with van der Waals surface area (Å²) in [6, 6.07) is 4.98. The highest BCUT2D eigenvalue weighted by Crippen LogP contribution is 2.19. The van der Waals surface area contributed by atoms with E-state index >= 15 is 0 Å². The molecule has 0 atom stereocenters. The number of carbonyl (C=O) groups excluding carboxylic acids is 1. The van der Waals surface area contributed by atoms with Crippen LogP contribution in [0.3, 0.4) is 0 Å². The van der Waals surface area contributed by atoms with Crippen molar-refractivity contribution in [2.45, 2.75) is 13.3 Å². The molecule has 90 valence electrons. The van der Waals surface area contributed by atoms with Crippen molar-refractivity contribution in [3.8, 4) is 17.6 Å². The number of carbonyl (C=O) groups is 1. The second kappa shape index (κ2) is 6.44. The van der Waals surface area contributed by atoms with Crippen molar-refractivity contribution in [2.75, 3.05) is 19.4 Å². The Morgan fingerprint density at radius 3 is 2.88 bits per heavy atom. The molecule has 0 heterocycles. The lowest BCUT2D eigenvalue weighted by molar-refractivity contribution is 0.0955. The smallest absolute Gasteiger partial charge is 0.253 e. The van der Waals surface area contributed by atoms with Crippen molar-refractivity contribution < 1.29 is 9.53 Å². The van der Waals surface area contributed by atoms with Gasteiger partial charge in [0.25, 0.3) is 5.91 Å². The fraction of sp³-hybridized carbons (Fsp3) is 0.308. The summed E-state index contributed by atoms with van der Waals surface area (Å²) in [7, 11) is 1.55. The van der Waals surface area contributed by atoms with E-state index in [1.165, 1.54) is 0 Å². The van der Waals surface area contributed by atoms with Crippen molar-refractivity contribution in [1.82, 2.24) is 5.32 Å². The highest BCUT2D eigenvalue weighted by molar-refractivity contribution is 5.99. The van der Waals surface area contributed by atoms with Gasteiger partial charge in [0.1, 0.15) is 5.75 Å². The van der Waals surface area contributed by atoms with Gasteiger partial charge in [0.05, 0.1) is 12.7 Å². The molecule has 3 N–H and O–H groups in total. The van der Waals surface area contributed by atoms with Gasteiger partial charge < -0.3 is 15.8 Å². The second-order valence-corrected chi connectivity index (χ2v) is 3.39. The number of methoxy groups -OCH3 is 1. The van der Waals surface area contributed by atoms with Gasteiger partial charge in [-0.05, 0) is 19.1 Å². The first kappa shape index (κ1) is 12.9. The van der Waals surface area contributed by atoms with Crippen LogP contribution in [0.25, 0.3) is 0 Å². The molecule has 0 spiro atoms. The number of benzene rings is 1. The number of hydrogen-bond donors (Lipinski definition) is 2. The third-order valence-electron chi connectivity index (χ3n) is 2.22. The minimum atomic E-state index is -0.192. The van der Waals surface area contributed by atoms with Gasteiger partial charge in [-0.25, -0.2) is 0 Å². The molecular weight excluding hydrogens is 216 g/mol. The third kappa shape index (κ3) is 3.72. The van der Waals surface area contributed by atoms with E-state index in [2.05, 4.69) is 17.2 Å². The Hall–Kier alpha value is -2.15. The van der Waals surface area contributed by atoms with E-state index in [4.69, 9.17) is 10.5 Å². The van der Waals surface area contributed by atoms with Crippen LogP contribution in [0.5, 0.6) is 5.75 Å². The van der Waals surface area contributed by atoms with Gasteiger partial charge in [-0.3, -0.25) is 4.79 Å². The molecule has 0 aliphatic carbocycles. The molecular formula is C13H16N2O2. The highest BCUT2D eigenvalue weighted by Gasteiger charge is 2.09. The molecule has 1 aromatic rings. The van der Waals surface area contributed by atoms with E-state index < -0.39 is 0 Å². The van der Waals surface area contributed by atoms with Gasteiger partial charge in [-0.2, -0.15) is 0 Å². The predicted octanol–water partition coefficient (Wildman–Crippen LogP) is 1.42. The molecule has 17 heavy (non-hydrogen) atoms. The summed E-state index contributed by atoms with van der Waals surface area (Å²) < 4.78 is 5.01. The zero-order chi connectivity index (χ0) is 12.7. The van der Waals surface area contributed by atoms with E-state index in [1.54, 1.807) is 32.2 Å². The zero-order valence-electron chi connectivity index (χ0n) is 10.0. The molecule has 1 rings (SSSR count). The molecule has 0 aliphatic rings. The lowest BCUT2D eigenvalue weighted by Crippen LogP contribution is -2.25. The maximum Gasteiger partial charge on any atom is 0.253 e. The first-order chi connectivity index (χ1) is 8.19. The molecule has 0 unspecified atom stereocenters. The average Bonchev–Trinajstić information content (AvgIpc) is 2.34. The lowest BCUT2D eigenvalue weighted by Gasteiger charge is -2.07. The molecule has 4 heteroatoms. The number of nitrogens with one attached hydrogen (secondary N) is 1. The van der Waals surface area contributed by atoms with Crippen LogP contribution in [0.1, 0.15) is 23.7 Å². The standard InChI is InChI=1S/C13H16N2O2/c1-3-4-5-8-15-13(16)11-7-6-10(17-2)9-12(11)14/h6-7,9H,5,8,14H2,1-2H3,(H,15,16). The molecule has 0 radical (unpaired) electrons. The van der Waals surface area contributed by atoms with Crippen LogP contribution >= 0.6 is 0 Å².